The quantitative estimate of drug-likeness (QED) is 0.226. The van der Waals surface area contributed by atoms with E-state index >= 15 is 0 Å². The summed E-state index contributed by atoms with van der Waals surface area (Å²) in [5.74, 6) is -0.532. The largest absolute Gasteiger partial charge is 0.460 e. The summed E-state index contributed by atoms with van der Waals surface area (Å²) in [6, 6.07) is 0. The third-order valence-electron chi connectivity index (χ3n) is 1.75. The molecule has 1 aliphatic carbocycles. The van der Waals surface area contributed by atoms with E-state index in [4.69, 9.17) is 5.41 Å². The van der Waals surface area contributed by atoms with Gasteiger partial charge in [0.25, 0.3) is 0 Å². The van der Waals surface area contributed by atoms with Gasteiger partial charge < -0.3 is 10.1 Å². The smallest absolute Gasteiger partial charge is 0.348 e. The lowest BCUT2D eigenvalue weighted by Gasteiger charge is -2.05. The van der Waals surface area contributed by atoms with E-state index in [1.165, 1.54) is 0 Å². The molecule has 1 fully saturated rings. The highest BCUT2D eigenvalue weighted by Gasteiger charge is 2.29. The molecule has 1 aliphatic rings. The van der Waals surface area contributed by atoms with Gasteiger partial charge in [0.15, 0.2) is 0 Å². The molecule has 0 aromatic carbocycles. The van der Waals surface area contributed by atoms with Crippen LogP contribution < -0.4 is 10.9 Å². The molecule has 0 heterocycles. The maximum atomic E-state index is 11.0. The van der Waals surface area contributed by atoms with E-state index in [9.17, 15) is 9.59 Å². The van der Waals surface area contributed by atoms with Crippen LogP contribution >= 0.6 is 0 Å². The second kappa shape index (κ2) is 5.33. The molecule has 6 nitrogen and oxygen atoms in total. The van der Waals surface area contributed by atoms with Crippen molar-refractivity contribution in [2.45, 2.75) is 12.8 Å². The molecule has 0 aromatic rings. The van der Waals surface area contributed by atoms with E-state index < -0.39 is 5.97 Å². The first kappa shape index (κ1) is 10.6. The van der Waals surface area contributed by atoms with Crippen molar-refractivity contribution in [3.05, 3.63) is 0 Å². The molecule has 0 aromatic heterocycles. The molecule has 0 saturated heterocycles. The molecule has 1 saturated carbocycles. The normalized spacial score (nSPS) is 14.6. The molecule has 0 aliphatic heterocycles. The monoisotopic (exact) mass is 199 g/mol. The first-order valence-electron chi connectivity index (χ1n) is 4.44. The van der Waals surface area contributed by atoms with Crippen LogP contribution in [0.5, 0.6) is 0 Å². The Kier molecular flexibility index (Phi) is 4.06. The van der Waals surface area contributed by atoms with Gasteiger partial charge in [-0.15, -0.1) is 0 Å². The Morgan fingerprint density at radius 2 is 2.21 bits per heavy atom. The van der Waals surface area contributed by atoms with Gasteiger partial charge in [-0.05, 0) is 12.8 Å². The summed E-state index contributed by atoms with van der Waals surface area (Å²) in [5, 5.41) is 6.53. The van der Waals surface area contributed by atoms with Crippen LogP contribution in [0.25, 0.3) is 0 Å². The Morgan fingerprint density at radius 3 is 2.79 bits per heavy atom. The second-order valence-corrected chi connectivity index (χ2v) is 3.00. The molecule has 0 atom stereocenters. The van der Waals surface area contributed by atoms with Gasteiger partial charge in [0.1, 0.15) is 12.8 Å². The molecular formula is C8H13N3O3. The third kappa shape index (κ3) is 3.99. The van der Waals surface area contributed by atoms with Crippen molar-refractivity contribution in [2.75, 3.05) is 13.2 Å². The number of ether oxygens (including phenoxy) is 1. The number of carbonyl (C=O) groups excluding carboxylic acids is 2. The number of hydrogen-bond acceptors (Lipinski definition) is 5. The first-order chi connectivity index (χ1) is 6.74. The first-order valence-corrected chi connectivity index (χ1v) is 4.44. The van der Waals surface area contributed by atoms with Gasteiger partial charge in [0.2, 0.25) is 5.91 Å². The minimum Gasteiger partial charge on any atom is -0.460 e. The van der Waals surface area contributed by atoms with Gasteiger partial charge in [-0.2, -0.15) is 0 Å². The molecule has 0 radical (unpaired) electrons. The molecule has 0 unspecified atom stereocenters. The predicted molar refractivity (Wildman–Crippen MR) is 48.6 cm³/mol. The van der Waals surface area contributed by atoms with Crippen molar-refractivity contribution in [2.24, 2.45) is 5.92 Å². The number of rotatable bonds is 6. The number of esters is 1. The van der Waals surface area contributed by atoms with E-state index in [0.29, 0.717) is 12.8 Å². The number of nitrogens with one attached hydrogen (secondary N) is 3. The molecule has 78 valence electrons. The summed E-state index contributed by atoms with van der Waals surface area (Å²) in [6.07, 6.45) is 2.51. The molecule has 1 rings (SSSR count). The number of hydrogen-bond donors (Lipinski definition) is 3. The Labute approximate surface area is 81.5 Å². The summed E-state index contributed by atoms with van der Waals surface area (Å²) in [5.41, 5.74) is 5.13. The molecule has 1 amide bonds. The topological polar surface area (TPSA) is 91.3 Å². The van der Waals surface area contributed by atoms with Crippen molar-refractivity contribution in [1.29, 1.82) is 5.41 Å². The fourth-order valence-electron chi connectivity index (χ4n) is 0.842. The average Bonchev–Trinajstić information content (AvgIpc) is 2.99. The third-order valence-corrected chi connectivity index (χ3v) is 1.75. The minimum atomic E-state index is -0.680. The van der Waals surface area contributed by atoms with Crippen LogP contribution in [-0.4, -0.2) is 31.2 Å². The van der Waals surface area contributed by atoms with Crippen molar-refractivity contribution < 1.29 is 14.3 Å². The van der Waals surface area contributed by atoms with Crippen LogP contribution in [0, 0.1) is 11.3 Å². The molecule has 3 N–H and O–H groups in total. The van der Waals surface area contributed by atoms with Crippen molar-refractivity contribution in [3.63, 3.8) is 0 Å². The number of carbonyl (C=O) groups is 2. The second-order valence-electron chi connectivity index (χ2n) is 3.00. The Hall–Kier alpha value is -1.43. The summed E-state index contributed by atoms with van der Waals surface area (Å²) >= 11 is 0. The van der Waals surface area contributed by atoms with Crippen LogP contribution in [0.1, 0.15) is 12.8 Å². The Morgan fingerprint density at radius 1 is 1.50 bits per heavy atom. The zero-order valence-electron chi connectivity index (χ0n) is 7.71. The van der Waals surface area contributed by atoms with Crippen molar-refractivity contribution >= 4 is 18.1 Å². The molecule has 6 heteroatoms. The molecule has 0 spiro atoms. The zero-order chi connectivity index (χ0) is 10.4. The fraction of sp³-hybridized carbons (Fsp3) is 0.625. The van der Waals surface area contributed by atoms with E-state index in [1.807, 2.05) is 0 Å². The summed E-state index contributed by atoms with van der Waals surface area (Å²) in [7, 11) is 0. The zero-order valence-corrected chi connectivity index (χ0v) is 7.71. The fourth-order valence-corrected chi connectivity index (χ4v) is 0.842. The predicted octanol–water partition coefficient (Wildman–Crippen LogP) is -0.790. The maximum absolute atomic E-state index is 11.0. The standard InChI is InChI=1S/C8H13N3O3/c9-5-7(12)14-4-3-10-11-8(13)6-1-2-6/h5-6,9-10H,1-4H2,(H,11,13). The van der Waals surface area contributed by atoms with E-state index in [2.05, 4.69) is 15.6 Å². The molecule has 14 heavy (non-hydrogen) atoms. The Bertz CT molecular complexity index is 238. The highest BCUT2D eigenvalue weighted by atomic mass is 16.5. The number of hydrazine groups is 1. The molecule has 0 bridgehead atoms. The average molecular weight is 199 g/mol. The van der Waals surface area contributed by atoms with Crippen LogP contribution in [0.2, 0.25) is 0 Å². The summed E-state index contributed by atoms with van der Waals surface area (Å²) < 4.78 is 4.55. The SMILES string of the molecule is N=CC(=O)OCCNNC(=O)C1CC1. The van der Waals surface area contributed by atoms with Gasteiger partial charge >= 0.3 is 5.97 Å². The minimum absolute atomic E-state index is 0.0108. The van der Waals surface area contributed by atoms with Gasteiger partial charge in [0, 0.05) is 12.5 Å². The van der Waals surface area contributed by atoms with Crippen molar-refractivity contribution in [1.82, 2.24) is 10.9 Å². The van der Waals surface area contributed by atoms with Crippen LogP contribution in [0.3, 0.4) is 0 Å². The maximum Gasteiger partial charge on any atom is 0.348 e. The van der Waals surface area contributed by atoms with Gasteiger partial charge in [-0.1, -0.05) is 0 Å². The lowest BCUT2D eigenvalue weighted by atomic mass is 10.4. The molecular weight excluding hydrogens is 186 g/mol. The van der Waals surface area contributed by atoms with E-state index in [0.717, 1.165) is 12.8 Å². The summed E-state index contributed by atoms with van der Waals surface area (Å²) in [4.78, 5) is 21.5. The lowest BCUT2D eigenvalue weighted by molar-refractivity contribution is -0.135. The highest BCUT2D eigenvalue weighted by molar-refractivity contribution is 6.21. The summed E-state index contributed by atoms with van der Waals surface area (Å²) in [6.45, 7) is 0.483. The van der Waals surface area contributed by atoms with Crippen LogP contribution in [-0.2, 0) is 14.3 Å². The van der Waals surface area contributed by atoms with Gasteiger partial charge in [-0.25, -0.2) is 10.2 Å². The van der Waals surface area contributed by atoms with Gasteiger partial charge in [0.05, 0.1) is 0 Å². The lowest BCUT2D eigenvalue weighted by Crippen LogP contribution is -2.40. The van der Waals surface area contributed by atoms with E-state index in [1.54, 1.807) is 0 Å². The highest BCUT2D eigenvalue weighted by Crippen LogP contribution is 2.28. The van der Waals surface area contributed by atoms with Crippen LogP contribution in [0.15, 0.2) is 0 Å². The van der Waals surface area contributed by atoms with Crippen LogP contribution in [0.4, 0.5) is 0 Å². The van der Waals surface area contributed by atoms with Crippen molar-refractivity contribution in [3.8, 4) is 0 Å². The Balaban J connectivity index is 1.91. The van der Waals surface area contributed by atoms with E-state index in [-0.39, 0.29) is 18.4 Å². The number of amides is 1. The van der Waals surface area contributed by atoms with Gasteiger partial charge in [-0.3, -0.25) is 10.2 Å².